The van der Waals surface area contributed by atoms with E-state index in [0.29, 0.717) is 0 Å². The quantitative estimate of drug-likeness (QED) is 0.408. The van der Waals surface area contributed by atoms with E-state index in [9.17, 15) is 0 Å². The second-order valence-corrected chi connectivity index (χ2v) is 5.72. The first-order valence-corrected chi connectivity index (χ1v) is 6.15. The molecule has 0 amide bonds. The zero-order valence-electron chi connectivity index (χ0n) is 11.6. The van der Waals surface area contributed by atoms with Gasteiger partial charge >= 0.3 is 18.9 Å². The molecule has 1 heteroatoms. The van der Waals surface area contributed by atoms with Gasteiger partial charge in [-0.1, -0.05) is 57.2 Å². The number of fused-ring (bicyclic) bond motifs is 3. The van der Waals surface area contributed by atoms with Crippen LogP contribution in [0.3, 0.4) is 0 Å². The van der Waals surface area contributed by atoms with Crippen LogP contribution in [0.2, 0.25) is 0 Å². The van der Waals surface area contributed by atoms with Gasteiger partial charge in [-0.25, -0.2) is 0 Å². The molecule has 0 bridgehead atoms. The fourth-order valence-electron chi connectivity index (χ4n) is 2.83. The van der Waals surface area contributed by atoms with Crippen molar-refractivity contribution in [1.29, 1.82) is 0 Å². The third kappa shape index (κ3) is 1.90. The van der Waals surface area contributed by atoms with E-state index < -0.39 is 0 Å². The van der Waals surface area contributed by atoms with Crippen LogP contribution < -0.4 is 18.9 Å². The molecule has 0 unspecified atom stereocenters. The van der Waals surface area contributed by atoms with Crippen LogP contribution in [-0.4, -0.2) is 0 Å². The van der Waals surface area contributed by atoms with Crippen molar-refractivity contribution >= 4 is 21.5 Å². The second-order valence-electron chi connectivity index (χ2n) is 5.72. The van der Waals surface area contributed by atoms with E-state index in [1.54, 1.807) is 0 Å². The molecule has 0 fully saturated rings. The van der Waals surface area contributed by atoms with Crippen molar-refractivity contribution in [3.63, 3.8) is 0 Å². The third-order valence-corrected chi connectivity index (χ3v) is 3.43. The van der Waals surface area contributed by atoms with E-state index >= 15 is 0 Å². The fourth-order valence-corrected chi connectivity index (χ4v) is 2.83. The Hall–Kier alpha value is -1.09. The molecule has 0 aliphatic heterocycles. The van der Waals surface area contributed by atoms with Gasteiger partial charge in [0, 0.05) is 0 Å². The van der Waals surface area contributed by atoms with Gasteiger partial charge in [-0.15, -0.1) is 39.2 Å². The van der Waals surface area contributed by atoms with Gasteiger partial charge in [0.1, 0.15) is 0 Å². The van der Waals surface area contributed by atoms with Crippen molar-refractivity contribution in [3.8, 4) is 0 Å². The van der Waals surface area contributed by atoms with Crippen molar-refractivity contribution in [1.82, 2.24) is 0 Å². The molecule has 0 radical (unpaired) electrons. The van der Waals surface area contributed by atoms with Gasteiger partial charge in [0.25, 0.3) is 0 Å². The van der Waals surface area contributed by atoms with Crippen LogP contribution >= 0.6 is 0 Å². The van der Waals surface area contributed by atoms with E-state index in [0.717, 1.165) is 0 Å². The molecule has 0 N–H and O–H groups in total. The molecule has 0 aliphatic rings. The average Bonchev–Trinajstić information content (AvgIpc) is 2.63. The SMILES string of the molecule is CC(C)(C)[c-]1c2ccccc2c2ccccc21.[Li+]. The van der Waals surface area contributed by atoms with Crippen LogP contribution in [0.4, 0.5) is 0 Å². The number of hydrogen-bond acceptors (Lipinski definition) is 0. The molecular weight excluding hydrogens is 211 g/mol. The number of benzene rings is 2. The van der Waals surface area contributed by atoms with Crippen LogP contribution in [0.1, 0.15) is 26.3 Å². The molecule has 0 aliphatic carbocycles. The molecule has 18 heavy (non-hydrogen) atoms. The summed E-state index contributed by atoms with van der Waals surface area (Å²) in [7, 11) is 0. The predicted octanol–water partition coefficient (Wildman–Crippen LogP) is 2.01. The minimum atomic E-state index is 0. The van der Waals surface area contributed by atoms with Crippen LogP contribution in [0.15, 0.2) is 48.5 Å². The van der Waals surface area contributed by atoms with Crippen LogP contribution in [-0.2, 0) is 5.41 Å². The van der Waals surface area contributed by atoms with E-state index in [1.807, 2.05) is 0 Å². The van der Waals surface area contributed by atoms with Gasteiger partial charge in [0.2, 0.25) is 0 Å². The Morgan fingerprint density at radius 1 is 0.722 bits per heavy atom. The standard InChI is InChI=1S/C17H17.Li/c1-17(2,3)16-14-10-6-4-8-12(14)13-9-5-7-11-15(13)16;/h4-11H,1-3H3;/q-1;+1. The largest absolute Gasteiger partial charge is 1.00 e. The smallest absolute Gasteiger partial charge is 0.120 e. The average molecular weight is 228 g/mol. The molecule has 0 aromatic heterocycles. The summed E-state index contributed by atoms with van der Waals surface area (Å²) in [6.07, 6.45) is 0. The number of rotatable bonds is 0. The summed E-state index contributed by atoms with van der Waals surface area (Å²) in [5, 5.41) is 5.57. The molecule has 0 spiro atoms. The van der Waals surface area contributed by atoms with Gasteiger partial charge in [0.05, 0.1) is 0 Å². The maximum Gasteiger partial charge on any atom is 1.00 e. The van der Waals surface area contributed by atoms with Gasteiger partial charge in [0.15, 0.2) is 0 Å². The van der Waals surface area contributed by atoms with Crippen molar-refractivity contribution in [2.75, 3.05) is 0 Å². The second kappa shape index (κ2) is 4.54. The molecule has 3 aromatic carbocycles. The zero-order valence-corrected chi connectivity index (χ0v) is 11.6. The monoisotopic (exact) mass is 228 g/mol. The third-order valence-electron chi connectivity index (χ3n) is 3.43. The predicted molar refractivity (Wildman–Crippen MR) is 75.7 cm³/mol. The minimum Gasteiger partial charge on any atom is -0.120 e. The van der Waals surface area contributed by atoms with Crippen molar-refractivity contribution < 1.29 is 18.9 Å². The Kier molecular flexibility index (Phi) is 3.36. The first-order valence-electron chi connectivity index (χ1n) is 6.15. The van der Waals surface area contributed by atoms with E-state index in [-0.39, 0.29) is 24.3 Å². The molecule has 0 saturated heterocycles. The first kappa shape index (κ1) is 13.3. The van der Waals surface area contributed by atoms with Gasteiger partial charge in [-0.2, -0.15) is 0 Å². The van der Waals surface area contributed by atoms with Crippen LogP contribution in [0.5, 0.6) is 0 Å². The summed E-state index contributed by atoms with van der Waals surface area (Å²) in [6.45, 7) is 6.88. The molecule has 0 saturated carbocycles. The Balaban J connectivity index is 0.00000120. The molecule has 86 valence electrons. The van der Waals surface area contributed by atoms with Crippen molar-refractivity contribution in [3.05, 3.63) is 54.1 Å². The van der Waals surface area contributed by atoms with Crippen molar-refractivity contribution in [2.24, 2.45) is 0 Å². The Bertz CT molecular complexity index is 630. The molecule has 3 aromatic rings. The summed E-state index contributed by atoms with van der Waals surface area (Å²) >= 11 is 0. The van der Waals surface area contributed by atoms with Gasteiger partial charge in [-0.05, 0) is 5.41 Å². The maximum atomic E-state index is 2.29. The summed E-state index contributed by atoms with van der Waals surface area (Å²) in [6, 6.07) is 17.5. The number of hydrogen-bond donors (Lipinski definition) is 0. The Labute approximate surface area is 121 Å². The van der Waals surface area contributed by atoms with E-state index in [4.69, 9.17) is 0 Å². The van der Waals surface area contributed by atoms with Crippen LogP contribution in [0.25, 0.3) is 21.5 Å². The Morgan fingerprint density at radius 3 is 1.50 bits per heavy atom. The molecule has 0 heterocycles. The maximum absolute atomic E-state index is 2.29. The molecular formula is C17H17Li. The summed E-state index contributed by atoms with van der Waals surface area (Å²) < 4.78 is 0. The van der Waals surface area contributed by atoms with E-state index in [2.05, 4.69) is 69.3 Å². The Morgan fingerprint density at radius 2 is 1.11 bits per heavy atom. The summed E-state index contributed by atoms with van der Waals surface area (Å²) in [5.41, 5.74) is 1.66. The summed E-state index contributed by atoms with van der Waals surface area (Å²) in [5.74, 6) is 0. The van der Waals surface area contributed by atoms with Gasteiger partial charge in [-0.3, -0.25) is 0 Å². The van der Waals surface area contributed by atoms with Crippen LogP contribution in [0, 0.1) is 0 Å². The van der Waals surface area contributed by atoms with Crippen molar-refractivity contribution in [2.45, 2.75) is 26.2 Å². The summed E-state index contributed by atoms with van der Waals surface area (Å²) in [4.78, 5) is 0. The van der Waals surface area contributed by atoms with Gasteiger partial charge < -0.3 is 0 Å². The molecule has 3 rings (SSSR count). The molecule has 0 nitrogen and oxygen atoms in total. The first-order chi connectivity index (χ1) is 8.09. The zero-order chi connectivity index (χ0) is 12.0. The molecule has 0 atom stereocenters. The fraction of sp³-hybridized carbons (Fsp3) is 0.235. The normalized spacial score (nSPS) is 11.7. The van der Waals surface area contributed by atoms with E-state index in [1.165, 1.54) is 27.1 Å². The minimum absolute atomic E-state index is 0. The topological polar surface area (TPSA) is 0 Å².